The van der Waals surface area contributed by atoms with Crippen LogP contribution in [0, 0.1) is 0 Å². The monoisotopic (exact) mass is 298 g/mol. The molecular formula is C19H22O3. The molecule has 0 spiro atoms. The fourth-order valence-corrected chi connectivity index (χ4v) is 2.19. The number of benzene rings is 2. The summed E-state index contributed by atoms with van der Waals surface area (Å²) in [7, 11) is 0. The van der Waals surface area contributed by atoms with E-state index < -0.39 is 0 Å². The summed E-state index contributed by atoms with van der Waals surface area (Å²) in [6, 6.07) is 15.2. The quantitative estimate of drug-likeness (QED) is 0.533. The first-order valence-corrected chi connectivity index (χ1v) is 7.64. The maximum atomic E-state index is 10.6. The van der Waals surface area contributed by atoms with E-state index in [0.717, 1.165) is 24.2 Å². The van der Waals surface area contributed by atoms with Gasteiger partial charge in [0.25, 0.3) is 0 Å². The van der Waals surface area contributed by atoms with Crippen molar-refractivity contribution in [3.8, 4) is 11.5 Å². The van der Waals surface area contributed by atoms with Gasteiger partial charge >= 0.3 is 0 Å². The average molecular weight is 298 g/mol. The lowest BCUT2D eigenvalue weighted by molar-refractivity contribution is 0.112. The van der Waals surface area contributed by atoms with Crippen LogP contribution in [0.1, 0.15) is 42.1 Å². The highest BCUT2D eigenvalue weighted by Crippen LogP contribution is 2.28. The fourth-order valence-electron chi connectivity index (χ4n) is 2.19. The molecular weight excluding hydrogens is 276 g/mol. The normalized spacial score (nSPS) is 11.7. The van der Waals surface area contributed by atoms with E-state index in [1.807, 2.05) is 18.2 Å². The second kappa shape index (κ2) is 8.23. The number of aldehydes is 1. The van der Waals surface area contributed by atoms with Crippen LogP contribution in [0.25, 0.3) is 0 Å². The molecule has 0 radical (unpaired) electrons. The lowest BCUT2D eigenvalue weighted by Gasteiger charge is -2.15. The van der Waals surface area contributed by atoms with E-state index in [4.69, 9.17) is 9.47 Å². The average Bonchev–Trinajstić information content (AvgIpc) is 2.59. The topological polar surface area (TPSA) is 35.5 Å². The Hall–Kier alpha value is -2.29. The Morgan fingerprint density at radius 2 is 1.68 bits per heavy atom. The van der Waals surface area contributed by atoms with Crippen molar-refractivity contribution in [1.29, 1.82) is 0 Å². The van der Waals surface area contributed by atoms with Crippen LogP contribution in [0.5, 0.6) is 11.5 Å². The van der Waals surface area contributed by atoms with Gasteiger partial charge in [-0.05, 0) is 48.2 Å². The van der Waals surface area contributed by atoms with Crippen molar-refractivity contribution in [2.45, 2.75) is 26.2 Å². The lowest BCUT2D eigenvalue weighted by Crippen LogP contribution is -2.10. The zero-order valence-corrected chi connectivity index (χ0v) is 13.1. The molecule has 0 amide bonds. The smallest absolute Gasteiger partial charge is 0.150 e. The maximum Gasteiger partial charge on any atom is 0.150 e. The summed E-state index contributed by atoms with van der Waals surface area (Å²) in [6.07, 6.45) is 1.90. The van der Waals surface area contributed by atoms with Crippen molar-refractivity contribution in [3.63, 3.8) is 0 Å². The van der Waals surface area contributed by atoms with Crippen LogP contribution < -0.4 is 9.47 Å². The molecule has 0 saturated carbocycles. The number of hydrogen-bond donors (Lipinski definition) is 0. The van der Waals surface area contributed by atoms with Gasteiger partial charge in [0.1, 0.15) is 31.0 Å². The fraction of sp³-hybridized carbons (Fsp3) is 0.316. The standard InChI is InChI=1S/C19H22O3/c1-3-15(2)18-6-4-5-7-19(18)22-13-12-21-17-10-8-16(14-20)9-11-17/h4-11,14-15H,3,12-13H2,1-2H3. The predicted molar refractivity (Wildman–Crippen MR) is 88.0 cm³/mol. The van der Waals surface area contributed by atoms with Gasteiger partial charge in [-0.2, -0.15) is 0 Å². The van der Waals surface area contributed by atoms with E-state index in [2.05, 4.69) is 19.9 Å². The number of ether oxygens (including phenoxy) is 2. The van der Waals surface area contributed by atoms with Crippen LogP contribution in [0.15, 0.2) is 48.5 Å². The molecule has 3 heteroatoms. The summed E-state index contributed by atoms with van der Waals surface area (Å²) >= 11 is 0. The summed E-state index contributed by atoms with van der Waals surface area (Å²) in [6.45, 7) is 5.33. The predicted octanol–water partition coefficient (Wildman–Crippen LogP) is 4.47. The second-order valence-corrected chi connectivity index (χ2v) is 5.23. The molecule has 0 fully saturated rings. The summed E-state index contributed by atoms with van der Waals surface area (Å²) in [5, 5.41) is 0. The Labute approximate surface area is 131 Å². The van der Waals surface area contributed by atoms with Crippen molar-refractivity contribution in [3.05, 3.63) is 59.7 Å². The molecule has 0 heterocycles. The van der Waals surface area contributed by atoms with E-state index in [-0.39, 0.29) is 0 Å². The van der Waals surface area contributed by atoms with E-state index >= 15 is 0 Å². The van der Waals surface area contributed by atoms with Gasteiger partial charge in [-0.3, -0.25) is 4.79 Å². The minimum atomic E-state index is 0.468. The van der Waals surface area contributed by atoms with Crippen LogP contribution in [-0.4, -0.2) is 19.5 Å². The van der Waals surface area contributed by atoms with Crippen molar-refractivity contribution in [2.24, 2.45) is 0 Å². The molecule has 1 unspecified atom stereocenters. The van der Waals surface area contributed by atoms with Gasteiger partial charge in [0.2, 0.25) is 0 Å². The first-order valence-electron chi connectivity index (χ1n) is 7.64. The summed E-state index contributed by atoms with van der Waals surface area (Å²) in [5.74, 6) is 2.15. The van der Waals surface area contributed by atoms with Gasteiger partial charge in [-0.15, -0.1) is 0 Å². The van der Waals surface area contributed by atoms with Crippen LogP contribution in [0.2, 0.25) is 0 Å². The van der Waals surface area contributed by atoms with E-state index in [0.29, 0.717) is 24.7 Å². The summed E-state index contributed by atoms with van der Waals surface area (Å²) in [5.41, 5.74) is 1.88. The number of para-hydroxylation sites is 1. The molecule has 0 aliphatic rings. The van der Waals surface area contributed by atoms with Crippen molar-refractivity contribution in [1.82, 2.24) is 0 Å². The van der Waals surface area contributed by atoms with Gasteiger partial charge in [-0.1, -0.05) is 32.0 Å². The third kappa shape index (κ3) is 4.35. The van der Waals surface area contributed by atoms with Gasteiger partial charge in [0.05, 0.1) is 0 Å². The largest absolute Gasteiger partial charge is 0.490 e. The number of rotatable bonds is 8. The lowest BCUT2D eigenvalue weighted by atomic mass is 9.98. The number of hydrogen-bond acceptors (Lipinski definition) is 3. The molecule has 2 rings (SSSR count). The minimum Gasteiger partial charge on any atom is -0.490 e. The van der Waals surface area contributed by atoms with Crippen LogP contribution >= 0.6 is 0 Å². The molecule has 0 aliphatic carbocycles. The molecule has 0 aromatic heterocycles. The van der Waals surface area contributed by atoms with Crippen molar-refractivity contribution in [2.75, 3.05) is 13.2 Å². The first-order chi connectivity index (χ1) is 10.7. The zero-order valence-electron chi connectivity index (χ0n) is 13.1. The summed E-state index contributed by atoms with van der Waals surface area (Å²) in [4.78, 5) is 10.6. The Kier molecular flexibility index (Phi) is 6.01. The Morgan fingerprint density at radius 3 is 2.36 bits per heavy atom. The van der Waals surface area contributed by atoms with Gasteiger partial charge in [0.15, 0.2) is 0 Å². The molecule has 0 N–H and O–H groups in total. The van der Waals surface area contributed by atoms with Crippen LogP contribution in [0.4, 0.5) is 0 Å². The molecule has 1 atom stereocenters. The van der Waals surface area contributed by atoms with Crippen molar-refractivity contribution >= 4 is 6.29 Å². The first kappa shape index (κ1) is 16.1. The van der Waals surface area contributed by atoms with Gasteiger partial charge < -0.3 is 9.47 Å². The highest BCUT2D eigenvalue weighted by atomic mass is 16.5. The van der Waals surface area contributed by atoms with Crippen LogP contribution in [0.3, 0.4) is 0 Å². The van der Waals surface area contributed by atoms with Crippen LogP contribution in [-0.2, 0) is 0 Å². The SMILES string of the molecule is CCC(C)c1ccccc1OCCOc1ccc(C=O)cc1. The molecule has 3 nitrogen and oxygen atoms in total. The molecule has 0 aliphatic heterocycles. The molecule has 0 bridgehead atoms. The zero-order chi connectivity index (χ0) is 15.8. The van der Waals surface area contributed by atoms with E-state index in [9.17, 15) is 4.79 Å². The maximum absolute atomic E-state index is 10.6. The Bertz CT molecular complexity index is 590. The number of carbonyl (C=O) groups excluding carboxylic acids is 1. The van der Waals surface area contributed by atoms with E-state index in [1.54, 1.807) is 24.3 Å². The Morgan fingerprint density at radius 1 is 1.00 bits per heavy atom. The highest BCUT2D eigenvalue weighted by Gasteiger charge is 2.09. The molecule has 116 valence electrons. The minimum absolute atomic E-state index is 0.468. The molecule has 2 aromatic rings. The van der Waals surface area contributed by atoms with Crippen molar-refractivity contribution < 1.29 is 14.3 Å². The number of carbonyl (C=O) groups is 1. The third-order valence-electron chi connectivity index (χ3n) is 3.69. The van der Waals surface area contributed by atoms with Gasteiger partial charge in [-0.25, -0.2) is 0 Å². The Balaban J connectivity index is 1.84. The van der Waals surface area contributed by atoms with Gasteiger partial charge in [0, 0.05) is 5.56 Å². The van der Waals surface area contributed by atoms with E-state index in [1.165, 1.54) is 5.56 Å². The third-order valence-corrected chi connectivity index (χ3v) is 3.69. The highest BCUT2D eigenvalue weighted by molar-refractivity contribution is 5.74. The summed E-state index contributed by atoms with van der Waals surface area (Å²) < 4.78 is 11.5. The molecule has 0 saturated heterocycles. The molecule has 2 aromatic carbocycles. The molecule has 22 heavy (non-hydrogen) atoms. The second-order valence-electron chi connectivity index (χ2n) is 5.23.